The number of aryl methyl sites for hydroxylation is 1. The van der Waals surface area contributed by atoms with Gasteiger partial charge in [0.15, 0.2) is 9.89 Å². The molecule has 3 heterocycles. The Morgan fingerprint density at radius 1 is 0.950 bits per heavy atom. The summed E-state index contributed by atoms with van der Waals surface area (Å²) in [6.07, 6.45) is 1.73. The number of furan rings is 1. The van der Waals surface area contributed by atoms with Crippen LogP contribution in [-0.4, -0.2) is 10.5 Å². The summed E-state index contributed by atoms with van der Waals surface area (Å²) in [4.78, 5) is 33.5. The van der Waals surface area contributed by atoms with Gasteiger partial charge in [-0.1, -0.05) is 89.3 Å². The number of esters is 1. The van der Waals surface area contributed by atoms with Gasteiger partial charge in [-0.2, -0.15) is 0 Å². The van der Waals surface area contributed by atoms with E-state index in [0.717, 1.165) is 15.6 Å². The van der Waals surface area contributed by atoms with Crippen LogP contribution in [0, 0.1) is 6.92 Å². The van der Waals surface area contributed by atoms with E-state index in [1.165, 1.54) is 28.7 Å². The number of fused-ring (bicyclic) bond motifs is 1. The molecule has 0 fully saturated rings. The molecule has 0 bridgehead atoms. The summed E-state index contributed by atoms with van der Waals surface area (Å²) in [5, 5.41) is 0.729. The van der Waals surface area contributed by atoms with E-state index in [2.05, 4.69) is 17.1 Å². The molecule has 6 nitrogen and oxygen atoms in total. The van der Waals surface area contributed by atoms with Crippen molar-refractivity contribution in [3.05, 3.63) is 145 Å². The first kappa shape index (κ1) is 25.9. The predicted octanol–water partition coefficient (Wildman–Crippen LogP) is 5.89. The highest BCUT2D eigenvalue weighted by Crippen LogP contribution is 2.32. The molecule has 1 atom stereocenters. The molecule has 1 aliphatic rings. The lowest BCUT2D eigenvalue weighted by atomic mass is 9.96. The molecule has 0 amide bonds. The van der Waals surface area contributed by atoms with Gasteiger partial charge in [0.05, 0.1) is 21.8 Å². The number of aromatic nitrogens is 1. The summed E-state index contributed by atoms with van der Waals surface area (Å²) >= 11 is 2.78. The topological polar surface area (TPSA) is 73.8 Å². The fourth-order valence-electron chi connectivity index (χ4n) is 4.50. The molecular formula is C32H24N2O4S2. The number of thiazole rings is 1. The van der Waals surface area contributed by atoms with Crippen molar-refractivity contribution in [2.45, 2.75) is 29.9 Å². The van der Waals surface area contributed by atoms with Gasteiger partial charge in [-0.25, -0.2) is 9.79 Å². The first-order chi connectivity index (χ1) is 19.5. The highest BCUT2D eigenvalue weighted by molar-refractivity contribution is 7.99. The van der Waals surface area contributed by atoms with Crippen LogP contribution in [0.5, 0.6) is 5.75 Å². The highest BCUT2D eigenvalue weighted by atomic mass is 32.2. The van der Waals surface area contributed by atoms with Gasteiger partial charge in [0.25, 0.3) is 5.56 Å². The first-order valence-corrected chi connectivity index (χ1v) is 14.3. The van der Waals surface area contributed by atoms with E-state index >= 15 is 0 Å². The Morgan fingerprint density at radius 3 is 2.38 bits per heavy atom. The third-order valence-electron chi connectivity index (χ3n) is 6.43. The maximum atomic E-state index is 13.8. The average molecular weight is 565 g/mol. The molecule has 0 unspecified atom stereocenters. The molecule has 0 N–H and O–H groups in total. The predicted molar refractivity (Wildman–Crippen MR) is 156 cm³/mol. The van der Waals surface area contributed by atoms with Crippen LogP contribution in [0.25, 0.3) is 6.08 Å². The standard InChI is InChI=1S/C32H24N2O4S2/c1-20-13-16-25(17-14-20)39-27-18-15-24(37-27)19-26-30(35)34-29(22-9-5-3-6-10-22)28(21(2)33-32(34)40-26)31(36)38-23-11-7-4-8-12-23/h3-19,29H,1-2H3/b26-19+/t29-/m0/s1. The Labute approximate surface area is 238 Å². The van der Waals surface area contributed by atoms with Crippen molar-refractivity contribution in [2.24, 2.45) is 4.99 Å². The van der Waals surface area contributed by atoms with E-state index in [-0.39, 0.29) is 5.56 Å². The zero-order chi connectivity index (χ0) is 27.6. The Kier molecular flexibility index (Phi) is 7.11. The van der Waals surface area contributed by atoms with E-state index < -0.39 is 12.0 Å². The summed E-state index contributed by atoms with van der Waals surface area (Å²) in [6, 6.07) is 29.6. The van der Waals surface area contributed by atoms with Crippen LogP contribution in [-0.2, 0) is 4.79 Å². The van der Waals surface area contributed by atoms with E-state index in [1.807, 2.05) is 67.6 Å². The number of hydrogen-bond acceptors (Lipinski definition) is 7. The van der Waals surface area contributed by atoms with Gasteiger partial charge >= 0.3 is 5.97 Å². The van der Waals surface area contributed by atoms with E-state index in [0.29, 0.717) is 32.1 Å². The highest BCUT2D eigenvalue weighted by Gasteiger charge is 2.33. The number of nitrogens with zero attached hydrogens (tertiary/aromatic N) is 2. The third kappa shape index (κ3) is 5.23. The fraction of sp³-hybridized carbons (Fsp3) is 0.0938. The maximum Gasteiger partial charge on any atom is 0.343 e. The van der Waals surface area contributed by atoms with Gasteiger partial charge < -0.3 is 9.15 Å². The molecule has 5 aromatic rings. The summed E-state index contributed by atoms with van der Waals surface area (Å²) in [7, 11) is 0. The van der Waals surface area contributed by atoms with Gasteiger partial charge in [-0.05, 0) is 55.8 Å². The van der Waals surface area contributed by atoms with Crippen LogP contribution in [0.3, 0.4) is 0 Å². The molecule has 6 rings (SSSR count). The summed E-state index contributed by atoms with van der Waals surface area (Å²) in [5.41, 5.74) is 2.57. The van der Waals surface area contributed by atoms with Gasteiger partial charge in [-0.3, -0.25) is 9.36 Å². The van der Waals surface area contributed by atoms with E-state index in [9.17, 15) is 9.59 Å². The monoisotopic (exact) mass is 564 g/mol. The molecule has 8 heteroatoms. The van der Waals surface area contributed by atoms with Crippen molar-refractivity contribution >= 4 is 35.1 Å². The van der Waals surface area contributed by atoms with E-state index in [4.69, 9.17) is 9.15 Å². The molecule has 198 valence electrons. The van der Waals surface area contributed by atoms with Crippen LogP contribution in [0.2, 0.25) is 0 Å². The number of hydrogen-bond donors (Lipinski definition) is 0. The minimum atomic E-state index is -0.680. The zero-order valence-electron chi connectivity index (χ0n) is 21.7. The molecule has 40 heavy (non-hydrogen) atoms. The SMILES string of the molecule is CC1=C(C(=O)Oc2ccccc2)[C@H](c2ccccc2)n2c(s/c(=C/c3ccc(Sc4ccc(C)cc4)o3)c2=O)=N1. The number of carbonyl (C=O) groups excluding carboxylic acids is 1. The number of ether oxygens (including phenoxy) is 1. The van der Waals surface area contributed by atoms with Crippen molar-refractivity contribution in [3.63, 3.8) is 0 Å². The van der Waals surface area contributed by atoms with Crippen LogP contribution in [0.4, 0.5) is 0 Å². The van der Waals surface area contributed by atoms with E-state index in [1.54, 1.807) is 41.8 Å². The Hall–Kier alpha value is -4.40. The van der Waals surface area contributed by atoms with Gasteiger partial charge in [0.1, 0.15) is 11.5 Å². The van der Waals surface area contributed by atoms with Crippen LogP contribution in [0.15, 0.2) is 133 Å². The van der Waals surface area contributed by atoms with Crippen molar-refractivity contribution in [1.82, 2.24) is 4.57 Å². The Bertz CT molecular complexity index is 1900. The third-order valence-corrected chi connectivity index (χ3v) is 8.34. The smallest absolute Gasteiger partial charge is 0.343 e. The summed E-state index contributed by atoms with van der Waals surface area (Å²) in [5.74, 6) is 0.448. The Balaban J connectivity index is 1.39. The lowest BCUT2D eigenvalue weighted by molar-refractivity contribution is -0.130. The lowest BCUT2D eigenvalue weighted by Crippen LogP contribution is -2.40. The normalized spacial score (nSPS) is 15.1. The molecule has 0 saturated heterocycles. The van der Waals surface area contributed by atoms with Crippen LogP contribution >= 0.6 is 23.1 Å². The second-order valence-corrected chi connectivity index (χ2v) is 11.4. The van der Waals surface area contributed by atoms with Gasteiger partial charge in [0.2, 0.25) is 0 Å². The Morgan fingerprint density at radius 2 is 1.65 bits per heavy atom. The average Bonchev–Trinajstić information content (AvgIpc) is 3.53. The maximum absolute atomic E-state index is 13.8. The second-order valence-electron chi connectivity index (χ2n) is 9.27. The number of rotatable bonds is 6. The molecule has 0 saturated carbocycles. The molecule has 0 aliphatic carbocycles. The zero-order valence-corrected chi connectivity index (χ0v) is 23.4. The molecule has 3 aromatic carbocycles. The fourth-order valence-corrected chi connectivity index (χ4v) is 6.31. The van der Waals surface area contributed by atoms with Gasteiger partial charge in [0, 0.05) is 11.0 Å². The summed E-state index contributed by atoms with van der Waals surface area (Å²) < 4.78 is 13.8. The first-order valence-electron chi connectivity index (χ1n) is 12.7. The molecule has 0 spiro atoms. The minimum absolute atomic E-state index is 0.251. The van der Waals surface area contributed by atoms with Crippen molar-refractivity contribution in [3.8, 4) is 5.75 Å². The van der Waals surface area contributed by atoms with Crippen molar-refractivity contribution < 1.29 is 13.9 Å². The number of para-hydroxylation sites is 1. The molecular weight excluding hydrogens is 540 g/mol. The summed E-state index contributed by atoms with van der Waals surface area (Å²) in [6.45, 7) is 3.82. The minimum Gasteiger partial charge on any atom is -0.450 e. The van der Waals surface area contributed by atoms with Crippen LogP contribution < -0.4 is 19.6 Å². The molecule has 0 radical (unpaired) electrons. The largest absolute Gasteiger partial charge is 0.450 e. The lowest BCUT2D eigenvalue weighted by Gasteiger charge is -2.24. The van der Waals surface area contributed by atoms with Crippen molar-refractivity contribution in [2.75, 3.05) is 0 Å². The number of allylic oxidation sites excluding steroid dienone is 1. The van der Waals surface area contributed by atoms with Gasteiger partial charge in [-0.15, -0.1) is 0 Å². The van der Waals surface area contributed by atoms with Crippen LogP contribution in [0.1, 0.15) is 29.9 Å². The van der Waals surface area contributed by atoms with Crippen molar-refractivity contribution in [1.29, 1.82) is 0 Å². The number of carbonyl (C=O) groups is 1. The second kappa shape index (κ2) is 11.0. The molecule has 2 aromatic heterocycles. The quantitative estimate of drug-likeness (QED) is 0.190. The number of benzene rings is 3. The molecule has 1 aliphatic heterocycles.